The van der Waals surface area contributed by atoms with Crippen molar-refractivity contribution in [2.75, 3.05) is 0 Å². The molecular weight excluding hydrogens is 297 g/mol. The number of hydrogen-bond acceptors (Lipinski definition) is 2. The molecule has 1 N–H and O–H groups in total. The quantitative estimate of drug-likeness (QED) is 0.785. The summed E-state index contributed by atoms with van der Waals surface area (Å²) < 4.78 is 40.6. The van der Waals surface area contributed by atoms with E-state index in [1.54, 1.807) is 6.07 Å². The van der Waals surface area contributed by atoms with Gasteiger partial charge in [-0.3, -0.25) is 4.40 Å². The zero-order valence-electron chi connectivity index (χ0n) is 11.0. The van der Waals surface area contributed by atoms with Crippen molar-refractivity contribution in [3.05, 3.63) is 59.9 Å². The largest absolute Gasteiger partial charge is 0.477 e. The van der Waals surface area contributed by atoms with Crippen molar-refractivity contribution in [3.63, 3.8) is 0 Å². The van der Waals surface area contributed by atoms with Crippen molar-refractivity contribution in [3.8, 4) is 11.4 Å². The average molecular weight is 306 g/mol. The van der Waals surface area contributed by atoms with Gasteiger partial charge in [0.15, 0.2) is 0 Å². The molecule has 2 heterocycles. The molecule has 0 amide bonds. The molecule has 0 aliphatic rings. The van der Waals surface area contributed by atoms with Gasteiger partial charge in [-0.15, -0.1) is 0 Å². The first-order valence-corrected chi connectivity index (χ1v) is 6.26. The number of fused-ring (bicyclic) bond motifs is 1. The highest BCUT2D eigenvalue weighted by Gasteiger charge is 2.34. The van der Waals surface area contributed by atoms with E-state index < -0.39 is 17.7 Å². The second-order valence-electron chi connectivity index (χ2n) is 4.60. The molecule has 0 radical (unpaired) electrons. The Balaban J connectivity index is 2.36. The lowest BCUT2D eigenvalue weighted by Crippen LogP contribution is -2.10. The molecule has 0 atom stereocenters. The van der Waals surface area contributed by atoms with Gasteiger partial charge < -0.3 is 5.11 Å². The van der Waals surface area contributed by atoms with E-state index in [1.165, 1.54) is 40.9 Å². The molecular formula is C15H9F3N2O2. The molecule has 0 aliphatic carbocycles. The number of carboxylic acid groups (broad SMARTS) is 1. The van der Waals surface area contributed by atoms with Gasteiger partial charge in [0.05, 0.1) is 17.3 Å². The summed E-state index contributed by atoms with van der Waals surface area (Å²) >= 11 is 0. The van der Waals surface area contributed by atoms with Crippen molar-refractivity contribution >= 4 is 11.5 Å². The predicted octanol–water partition coefficient (Wildman–Crippen LogP) is 3.72. The molecule has 0 aliphatic heterocycles. The second-order valence-corrected chi connectivity index (χ2v) is 4.60. The first-order valence-electron chi connectivity index (χ1n) is 6.26. The third kappa shape index (κ3) is 2.20. The highest BCUT2D eigenvalue weighted by atomic mass is 19.4. The number of carboxylic acids is 1. The summed E-state index contributed by atoms with van der Waals surface area (Å²) in [6.45, 7) is 0. The SMILES string of the molecule is O=C(O)c1cccc2cnc(-c3ccccc3C(F)(F)F)n12. The molecule has 2 aromatic heterocycles. The number of halogens is 3. The predicted molar refractivity (Wildman–Crippen MR) is 72.6 cm³/mol. The van der Waals surface area contributed by atoms with E-state index in [-0.39, 0.29) is 17.1 Å². The summed E-state index contributed by atoms with van der Waals surface area (Å²) in [5.74, 6) is -1.30. The Morgan fingerprint density at radius 3 is 2.50 bits per heavy atom. The molecule has 3 rings (SSSR count). The summed E-state index contributed by atoms with van der Waals surface area (Å²) in [4.78, 5) is 15.3. The summed E-state index contributed by atoms with van der Waals surface area (Å²) in [6.07, 6.45) is -3.21. The van der Waals surface area contributed by atoms with Crippen LogP contribution < -0.4 is 0 Å². The molecule has 7 heteroatoms. The van der Waals surface area contributed by atoms with Gasteiger partial charge in [0, 0.05) is 5.56 Å². The van der Waals surface area contributed by atoms with Gasteiger partial charge in [0.2, 0.25) is 0 Å². The first kappa shape index (κ1) is 14.1. The third-order valence-corrected chi connectivity index (χ3v) is 3.24. The fourth-order valence-corrected chi connectivity index (χ4v) is 2.33. The van der Waals surface area contributed by atoms with E-state index in [2.05, 4.69) is 4.98 Å². The van der Waals surface area contributed by atoms with Gasteiger partial charge in [-0.2, -0.15) is 13.2 Å². The van der Waals surface area contributed by atoms with Crippen LogP contribution in [-0.4, -0.2) is 20.5 Å². The van der Waals surface area contributed by atoms with Gasteiger partial charge in [-0.1, -0.05) is 24.3 Å². The van der Waals surface area contributed by atoms with Crippen LogP contribution in [-0.2, 0) is 6.18 Å². The van der Waals surface area contributed by atoms with Gasteiger partial charge in [-0.05, 0) is 18.2 Å². The molecule has 0 unspecified atom stereocenters. The minimum atomic E-state index is -4.55. The van der Waals surface area contributed by atoms with Crippen molar-refractivity contribution in [2.24, 2.45) is 0 Å². The molecule has 112 valence electrons. The van der Waals surface area contributed by atoms with Gasteiger partial charge in [0.1, 0.15) is 11.5 Å². The van der Waals surface area contributed by atoms with Gasteiger partial charge >= 0.3 is 12.1 Å². The number of benzene rings is 1. The van der Waals surface area contributed by atoms with Crippen LogP contribution in [0.15, 0.2) is 48.7 Å². The molecule has 0 saturated heterocycles. The highest BCUT2D eigenvalue weighted by Crippen LogP contribution is 2.36. The van der Waals surface area contributed by atoms with Crippen LogP contribution in [0.25, 0.3) is 16.9 Å². The molecule has 3 aromatic rings. The number of aromatic carboxylic acids is 1. The van der Waals surface area contributed by atoms with Crippen molar-refractivity contribution < 1.29 is 23.1 Å². The van der Waals surface area contributed by atoms with Crippen LogP contribution in [0.2, 0.25) is 0 Å². The smallest absolute Gasteiger partial charge is 0.417 e. The summed E-state index contributed by atoms with van der Waals surface area (Å²) in [5.41, 5.74) is -0.764. The Kier molecular flexibility index (Phi) is 3.13. The van der Waals surface area contributed by atoms with Gasteiger partial charge in [0.25, 0.3) is 0 Å². The van der Waals surface area contributed by atoms with Crippen LogP contribution in [0.3, 0.4) is 0 Å². The van der Waals surface area contributed by atoms with Crippen molar-refractivity contribution in [1.82, 2.24) is 9.38 Å². The minimum Gasteiger partial charge on any atom is -0.477 e. The molecule has 1 aromatic carbocycles. The van der Waals surface area contributed by atoms with Gasteiger partial charge in [-0.25, -0.2) is 9.78 Å². The zero-order valence-corrected chi connectivity index (χ0v) is 11.0. The lowest BCUT2D eigenvalue weighted by atomic mass is 10.1. The van der Waals surface area contributed by atoms with E-state index in [0.29, 0.717) is 5.52 Å². The lowest BCUT2D eigenvalue weighted by Gasteiger charge is -2.12. The van der Waals surface area contributed by atoms with E-state index in [0.717, 1.165) is 6.07 Å². The maximum atomic E-state index is 13.1. The summed E-state index contributed by atoms with van der Waals surface area (Å²) in [5, 5.41) is 9.23. The van der Waals surface area contributed by atoms with Crippen LogP contribution in [0.5, 0.6) is 0 Å². The number of nitrogens with zero attached hydrogens (tertiary/aromatic N) is 2. The maximum Gasteiger partial charge on any atom is 0.417 e. The van der Waals surface area contributed by atoms with Crippen LogP contribution >= 0.6 is 0 Å². The monoisotopic (exact) mass is 306 g/mol. The number of alkyl halides is 3. The number of rotatable bonds is 2. The fourth-order valence-electron chi connectivity index (χ4n) is 2.33. The first-order chi connectivity index (χ1) is 10.4. The topological polar surface area (TPSA) is 54.6 Å². The zero-order chi connectivity index (χ0) is 15.9. The lowest BCUT2D eigenvalue weighted by molar-refractivity contribution is -0.137. The van der Waals surface area contributed by atoms with E-state index >= 15 is 0 Å². The standard InChI is InChI=1S/C15H9F3N2O2/c16-15(17,18)11-6-2-1-5-10(11)13-19-8-9-4-3-7-12(14(21)22)20(9)13/h1-8H,(H,21,22). The normalized spacial score (nSPS) is 11.8. The van der Waals surface area contributed by atoms with Crippen LogP contribution in [0.1, 0.15) is 16.1 Å². The highest BCUT2D eigenvalue weighted by molar-refractivity contribution is 5.88. The third-order valence-electron chi connectivity index (χ3n) is 3.24. The van der Waals surface area contributed by atoms with Crippen LogP contribution in [0.4, 0.5) is 13.2 Å². The number of pyridine rings is 1. The molecule has 0 fully saturated rings. The number of aromatic nitrogens is 2. The Labute approximate surface area is 122 Å². The summed E-state index contributed by atoms with van der Waals surface area (Å²) in [6, 6.07) is 9.36. The molecule has 0 saturated carbocycles. The number of carbonyl (C=O) groups is 1. The Morgan fingerprint density at radius 2 is 1.82 bits per heavy atom. The summed E-state index contributed by atoms with van der Waals surface area (Å²) in [7, 11) is 0. The molecule has 22 heavy (non-hydrogen) atoms. The average Bonchev–Trinajstić information content (AvgIpc) is 2.90. The fraction of sp³-hybridized carbons (Fsp3) is 0.0667. The second kappa shape index (κ2) is 4.87. The molecule has 4 nitrogen and oxygen atoms in total. The van der Waals surface area contributed by atoms with Crippen molar-refractivity contribution in [2.45, 2.75) is 6.18 Å². The van der Waals surface area contributed by atoms with E-state index in [9.17, 15) is 23.1 Å². The van der Waals surface area contributed by atoms with E-state index in [1.807, 2.05) is 0 Å². The number of hydrogen-bond donors (Lipinski definition) is 1. The number of imidazole rings is 1. The Bertz CT molecular complexity index is 869. The molecule has 0 bridgehead atoms. The molecule has 0 spiro atoms. The minimum absolute atomic E-state index is 0.0547. The maximum absolute atomic E-state index is 13.1. The Morgan fingerprint density at radius 1 is 1.09 bits per heavy atom. The van der Waals surface area contributed by atoms with Crippen LogP contribution in [0, 0.1) is 0 Å². The van der Waals surface area contributed by atoms with E-state index in [4.69, 9.17) is 0 Å². The Hall–Kier alpha value is -2.83. The van der Waals surface area contributed by atoms with Crippen molar-refractivity contribution in [1.29, 1.82) is 0 Å².